The molecule has 0 saturated heterocycles. The number of nitrogens with two attached hydrogens (primary N) is 1. The monoisotopic (exact) mass is 193 g/mol. The predicted octanol–water partition coefficient (Wildman–Crippen LogP) is 1.92. The van der Waals surface area contributed by atoms with Crippen molar-refractivity contribution in [3.05, 3.63) is 36.0 Å². The van der Waals surface area contributed by atoms with Crippen molar-refractivity contribution >= 4 is 0 Å². The van der Waals surface area contributed by atoms with E-state index >= 15 is 0 Å². The van der Waals surface area contributed by atoms with Gasteiger partial charge in [0.15, 0.2) is 0 Å². The van der Waals surface area contributed by atoms with E-state index in [9.17, 15) is 5.11 Å². The molecule has 0 heterocycles. The van der Waals surface area contributed by atoms with Crippen molar-refractivity contribution in [2.45, 2.75) is 31.8 Å². The Kier molecular flexibility index (Phi) is 3.67. The third-order valence-corrected chi connectivity index (χ3v) is 2.75. The van der Waals surface area contributed by atoms with Crippen LogP contribution < -0.4 is 5.73 Å². The second-order valence-corrected chi connectivity index (χ2v) is 3.83. The van der Waals surface area contributed by atoms with Crippen LogP contribution in [0, 0.1) is 0 Å². The zero-order valence-corrected chi connectivity index (χ0v) is 8.79. The topological polar surface area (TPSA) is 46.2 Å². The van der Waals surface area contributed by atoms with Crippen molar-refractivity contribution in [3.8, 4) is 0 Å². The number of allylic oxidation sites excluding steroid dienone is 1. The van der Waals surface area contributed by atoms with E-state index in [1.54, 1.807) is 0 Å². The molecule has 0 amide bonds. The summed E-state index contributed by atoms with van der Waals surface area (Å²) >= 11 is 0. The second-order valence-electron chi connectivity index (χ2n) is 3.83. The molecular weight excluding hydrogens is 174 g/mol. The molecule has 1 aliphatic rings. The van der Waals surface area contributed by atoms with Crippen molar-refractivity contribution in [1.82, 2.24) is 0 Å². The molecule has 78 valence electrons. The normalized spacial score (nSPS) is 20.9. The second kappa shape index (κ2) is 4.58. The highest BCUT2D eigenvalue weighted by Gasteiger charge is 2.36. The molecule has 0 aromatic heterocycles. The van der Waals surface area contributed by atoms with Crippen LogP contribution >= 0.6 is 0 Å². The zero-order chi connectivity index (χ0) is 10.6. The molecule has 2 heteroatoms. The van der Waals surface area contributed by atoms with E-state index < -0.39 is 5.60 Å². The van der Waals surface area contributed by atoms with Gasteiger partial charge in [0.2, 0.25) is 0 Å². The molecule has 0 atom stereocenters. The minimum absolute atomic E-state index is 0.486. The molecule has 14 heavy (non-hydrogen) atoms. The lowest BCUT2D eigenvalue weighted by molar-refractivity contribution is 0.00627. The smallest absolute Gasteiger partial charge is 0.0891 e. The Morgan fingerprint density at radius 2 is 2.21 bits per heavy atom. The highest BCUT2D eigenvalue weighted by molar-refractivity contribution is 5.35. The average Bonchev–Trinajstić information content (AvgIpc) is 2.13. The van der Waals surface area contributed by atoms with Crippen molar-refractivity contribution in [1.29, 1.82) is 0 Å². The summed E-state index contributed by atoms with van der Waals surface area (Å²) in [6.07, 6.45) is 8.54. The van der Waals surface area contributed by atoms with Crippen molar-refractivity contribution in [2.24, 2.45) is 5.73 Å². The van der Waals surface area contributed by atoms with E-state index in [4.69, 9.17) is 5.73 Å². The number of rotatable bonds is 4. The van der Waals surface area contributed by atoms with Gasteiger partial charge in [0.1, 0.15) is 0 Å². The quantitative estimate of drug-likeness (QED) is 0.670. The van der Waals surface area contributed by atoms with Gasteiger partial charge in [0.25, 0.3) is 0 Å². The molecule has 1 fully saturated rings. The van der Waals surface area contributed by atoms with Gasteiger partial charge < -0.3 is 10.8 Å². The largest absolute Gasteiger partial charge is 0.385 e. The fourth-order valence-electron chi connectivity index (χ4n) is 1.58. The Morgan fingerprint density at radius 1 is 1.57 bits per heavy atom. The van der Waals surface area contributed by atoms with E-state index in [1.165, 1.54) is 0 Å². The summed E-state index contributed by atoms with van der Waals surface area (Å²) in [4.78, 5) is 0. The average molecular weight is 193 g/mol. The van der Waals surface area contributed by atoms with Crippen LogP contribution in [-0.2, 0) is 0 Å². The summed E-state index contributed by atoms with van der Waals surface area (Å²) in [5.41, 5.74) is 6.72. The maximum atomic E-state index is 9.98. The lowest BCUT2D eigenvalue weighted by atomic mass is 9.75. The first-order valence-electron chi connectivity index (χ1n) is 5.07. The first-order chi connectivity index (χ1) is 6.62. The van der Waals surface area contributed by atoms with Crippen LogP contribution in [0.4, 0.5) is 0 Å². The van der Waals surface area contributed by atoms with Gasteiger partial charge in [-0.3, -0.25) is 0 Å². The SMILES string of the molecule is C=C(/C=C(\C=C/C)CN)C1(O)CCC1. The summed E-state index contributed by atoms with van der Waals surface area (Å²) in [5, 5.41) is 9.98. The highest BCUT2D eigenvalue weighted by Crippen LogP contribution is 2.38. The molecule has 1 aliphatic carbocycles. The lowest BCUT2D eigenvalue weighted by Gasteiger charge is -2.37. The third kappa shape index (κ3) is 2.34. The first kappa shape index (κ1) is 11.2. The van der Waals surface area contributed by atoms with Crippen LogP contribution in [0.5, 0.6) is 0 Å². The summed E-state index contributed by atoms with van der Waals surface area (Å²) in [6.45, 7) is 6.34. The molecular formula is C12H19NO. The number of hydrogen-bond acceptors (Lipinski definition) is 2. The molecule has 2 nitrogen and oxygen atoms in total. The van der Waals surface area contributed by atoms with E-state index in [0.29, 0.717) is 6.54 Å². The van der Waals surface area contributed by atoms with E-state index in [-0.39, 0.29) is 0 Å². The van der Waals surface area contributed by atoms with Crippen LogP contribution in [0.25, 0.3) is 0 Å². The Labute approximate surface area is 85.8 Å². The summed E-state index contributed by atoms with van der Waals surface area (Å²) < 4.78 is 0. The predicted molar refractivity (Wildman–Crippen MR) is 59.9 cm³/mol. The van der Waals surface area contributed by atoms with E-state index in [1.807, 2.05) is 25.2 Å². The maximum Gasteiger partial charge on any atom is 0.0891 e. The van der Waals surface area contributed by atoms with Crippen LogP contribution in [0.15, 0.2) is 36.0 Å². The molecule has 0 aromatic rings. The molecule has 0 aromatic carbocycles. The number of aliphatic hydroxyl groups is 1. The van der Waals surface area contributed by atoms with E-state index in [2.05, 4.69) is 6.58 Å². The summed E-state index contributed by atoms with van der Waals surface area (Å²) in [5.74, 6) is 0. The molecule has 0 bridgehead atoms. The Morgan fingerprint density at radius 3 is 2.57 bits per heavy atom. The van der Waals surface area contributed by atoms with E-state index in [0.717, 1.165) is 30.4 Å². The van der Waals surface area contributed by atoms with Crippen LogP contribution in [-0.4, -0.2) is 17.3 Å². The fourth-order valence-corrected chi connectivity index (χ4v) is 1.58. The fraction of sp³-hybridized carbons (Fsp3) is 0.500. The maximum absolute atomic E-state index is 9.98. The Bertz CT molecular complexity index is 272. The van der Waals surface area contributed by atoms with Gasteiger partial charge >= 0.3 is 0 Å². The summed E-state index contributed by atoms with van der Waals surface area (Å²) in [7, 11) is 0. The Hall–Kier alpha value is -0.860. The lowest BCUT2D eigenvalue weighted by Crippen LogP contribution is -2.37. The minimum Gasteiger partial charge on any atom is -0.385 e. The first-order valence-corrected chi connectivity index (χ1v) is 5.07. The summed E-state index contributed by atoms with van der Waals surface area (Å²) in [6, 6.07) is 0. The van der Waals surface area contributed by atoms with Gasteiger partial charge in [-0.05, 0) is 37.3 Å². The minimum atomic E-state index is -0.651. The molecule has 0 radical (unpaired) electrons. The molecule has 1 saturated carbocycles. The Balaban J connectivity index is 2.69. The van der Waals surface area contributed by atoms with Crippen LogP contribution in [0.1, 0.15) is 26.2 Å². The number of hydrogen-bond donors (Lipinski definition) is 2. The van der Waals surface area contributed by atoms with Crippen LogP contribution in [0.3, 0.4) is 0 Å². The van der Waals surface area contributed by atoms with Crippen LogP contribution in [0.2, 0.25) is 0 Å². The van der Waals surface area contributed by atoms with Gasteiger partial charge in [0, 0.05) is 6.54 Å². The highest BCUT2D eigenvalue weighted by atomic mass is 16.3. The zero-order valence-electron chi connectivity index (χ0n) is 8.79. The molecule has 1 rings (SSSR count). The van der Waals surface area contributed by atoms with Crippen molar-refractivity contribution < 1.29 is 5.11 Å². The third-order valence-electron chi connectivity index (χ3n) is 2.75. The molecule has 0 unspecified atom stereocenters. The van der Waals surface area contributed by atoms with Gasteiger partial charge in [-0.2, -0.15) is 0 Å². The van der Waals surface area contributed by atoms with Gasteiger partial charge in [0.05, 0.1) is 5.60 Å². The molecule has 3 N–H and O–H groups in total. The molecule has 0 aliphatic heterocycles. The van der Waals surface area contributed by atoms with Crippen molar-refractivity contribution in [2.75, 3.05) is 6.54 Å². The molecule has 0 spiro atoms. The van der Waals surface area contributed by atoms with Gasteiger partial charge in [-0.25, -0.2) is 0 Å². The van der Waals surface area contributed by atoms with Gasteiger partial charge in [-0.15, -0.1) is 0 Å². The van der Waals surface area contributed by atoms with Gasteiger partial charge in [-0.1, -0.05) is 24.8 Å². The standard InChI is InChI=1S/C12H19NO/c1-3-5-11(9-13)8-10(2)12(14)6-4-7-12/h3,5,8,14H,2,4,6-7,9,13H2,1H3/b5-3-,11-8+. The van der Waals surface area contributed by atoms with Crippen molar-refractivity contribution in [3.63, 3.8) is 0 Å².